The zero-order chi connectivity index (χ0) is 13.9. The molecule has 2 fully saturated rings. The van der Waals surface area contributed by atoms with Crippen LogP contribution in [0.3, 0.4) is 0 Å². The molecule has 3 heteroatoms. The largest absolute Gasteiger partial charge is 0.331 e. The third-order valence-corrected chi connectivity index (χ3v) is 4.93. The number of hydrogen-bond donors (Lipinski definition) is 0. The molecule has 108 valence electrons. The van der Waals surface area contributed by atoms with Gasteiger partial charge in [0, 0.05) is 19.4 Å². The number of Topliss-reactive ketones (excluding diaryl/α,β-unsaturated/α-hetero) is 1. The lowest BCUT2D eigenvalue weighted by atomic mass is 9.85. The van der Waals surface area contributed by atoms with Crippen LogP contribution >= 0.6 is 0 Å². The van der Waals surface area contributed by atoms with Crippen LogP contribution in [0, 0.1) is 5.92 Å². The lowest BCUT2D eigenvalue weighted by Gasteiger charge is -2.41. The van der Waals surface area contributed by atoms with Gasteiger partial charge in [0.05, 0.1) is 5.54 Å². The molecule has 1 amide bonds. The average molecular weight is 265 g/mol. The number of piperidine rings is 1. The summed E-state index contributed by atoms with van der Waals surface area (Å²) in [5.74, 6) is 1.13. The van der Waals surface area contributed by atoms with Gasteiger partial charge >= 0.3 is 0 Å². The van der Waals surface area contributed by atoms with Crippen LogP contribution in [0.4, 0.5) is 0 Å². The number of rotatable bonds is 3. The molecule has 0 radical (unpaired) electrons. The van der Waals surface area contributed by atoms with Crippen molar-refractivity contribution in [2.75, 3.05) is 6.54 Å². The van der Waals surface area contributed by atoms with Gasteiger partial charge in [-0.25, -0.2) is 0 Å². The van der Waals surface area contributed by atoms with Crippen LogP contribution in [0.2, 0.25) is 0 Å². The van der Waals surface area contributed by atoms with E-state index in [2.05, 4.69) is 0 Å². The number of carbonyl (C=O) groups excluding carboxylic acids is 2. The molecule has 0 aromatic rings. The van der Waals surface area contributed by atoms with E-state index in [1.54, 1.807) is 0 Å². The predicted molar refractivity (Wildman–Crippen MR) is 75.8 cm³/mol. The molecule has 1 aliphatic carbocycles. The summed E-state index contributed by atoms with van der Waals surface area (Å²) in [6.45, 7) is 4.54. The molecule has 0 spiro atoms. The van der Waals surface area contributed by atoms with Gasteiger partial charge in [-0.05, 0) is 32.6 Å². The van der Waals surface area contributed by atoms with E-state index < -0.39 is 5.54 Å². The highest BCUT2D eigenvalue weighted by atomic mass is 16.2. The molecule has 0 atom stereocenters. The van der Waals surface area contributed by atoms with Crippen molar-refractivity contribution in [1.82, 2.24) is 4.90 Å². The summed E-state index contributed by atoms with van der Waals surface area (Å²) in [5.41, 5.74) is -0.581. The molecule has 0 N–H and O–H groups in total. The summed E-state index contributed by atoms with van der Waals surface area (Å²) in [6, 6.07) is 0. The Morgan fingerprint density at radius 1 is 1.21 bits per heavy atom. The number of hydrogen-bond acceptors (Lipinski definition) is 2. The van der Waals surface area contributed by atoms with Crippen LogP contribution in [-0.4, -0.2) is 28.7 Å². The van der Waals surface area contributed by atoms with E-state index in [0.29, 0.717) is 12.8 Å². The van der Waals surface area contributed by atoms with Crippen LogP contribution in [0.25, 0.3) is 0 Å². The van der Waals surface area contributed by atoms with Crippen LogP contribution in [0.15, 0.2) is 0 Å². The summed E-state index contributed by atoms with van der Waals surface area (Å²) in [6.07, 6.45) is 9.68. The second-order valence-electron chi connectivity index (χ2n) is 6.67. The van der Waals surface area contributed by atoms with Gasteiger partial charge in [0.2, 0.25) is 5.91 Å². The molecule has 19 heavy (non-hydrogen) atoms. The van der Waals surface area contributed by atoms with E-state index in [9.17, 15) is 9.59 Å². The fourth-order valence-electron chi connectivity index (χ4n) is 3.51. The van der Waals surface area contributed by atoms with Crippen LogP contribution in [-0.2, 0) is 9.59 Å². The Kier molecular flexibility index (Phi) is 4.64. The third-order valence-electron chi connectivity index (χ3n) is 4.93. The van der Waals surface area contributed by atoms with Gasteiger partial charge in [-0.1, -0.05) is 32.1 Å². The molecular formula is C16H27NO2. The number of ketones is 1. The molecule has 1 saturated carbocycles. The monoisotopic (exact) mass is 265 g/mol. The van der Waals surface area contributed by atoms with E-state index in [1.165, 1.54) is 32.1 Å². The Morgan fingerprint density at radius 3 is 2.58 bits per heavy atom. The Balaban J connectivity index is 1.86. The highest BCUT2D eigenvalue weighted by molar-refractivity contribution is 5.93. The number of amides is 1. The van der Waals surface area contributed by atoms with E-state index in [4.69, 9.17) is 0 Å². The van der Waals surface area contributed by atoms with Crippen LogP contribution < -0.4 is 0 Å². The van der Waals surface area contributed by atoms with Crippen molar-refractivity contribution >= 4 is 11.7 Å². The molecule has 1 saturated heterocycles. The van der Waals surface area contributed by atoms with Gasteiger partial charge in [-0.15, -0.1) is 0 Å². The number of likely N-dealkylation sites (tertiary alicyclic amines) is 1. The van der Waals surface area contributed by atoms with Crippen LogP contribution in [0.1, 0.15) is 71.6 Å². The maximum absolute atomic E-state index is 12.4. The molecule has 0 bridgehead atoms. The molecule has 1 heterocycles. The topological polar surface area (TPSA) is 37.4 Å². The first-order valence-electron chi connectivity index (χ1n) is 7.85. The minimum absolute atomic E-state index is 0.184. The van der Waals surface area contributed by atoms with E-state index in [-0.39, 0.29) is 11.7 Å². The van der Waals surface area contributed by atoms with Gasteiger partial charge < -0.3 is 4.90 Å². The Labute approximate surface area is 116 Å². The Bertz CT molecular complexity index is 343. The van der Waals surface area contributed by atoms with E-state index >= 15 is 0 Å². The van der Waals surface area contributed by atoms with E-state index in [1.807, 2.05) is 18.7 Å². The Hall–Kier alpha value is -0.860. The Morgan fingerprint density at radius 2 is 1.89 bits per heavy atom. The van der Waals surface area contributed by atoms with Gasteiger partial charge in [0.1, 0.15) is 0 Å². The van der Waals surface area contributed by atoms with E-state index in [0.717, 1.165) is 25.3 Å². The summed E-state index contributed by atoms with van der Waals surface area (Å²) < 4.78 is 0. The van der Waals surface area contributed by atoms with Crippen molar-refractivity contribution in [2.24, 2.45) is 5.92 Å². The molecule has 3 nitrogen and oxygen atoms in total. The standard InChI is InChI=1S/C16H27NO2/c1-16(2)14(18)9-6-12-17(16)15(19)11-10-13-7-4-3-5-8-13/h13H,3-12H2,1-2H3. The van der Waals surface area contributed by atoms with Gasteiger partial charge in [0.25, 0.3) is 0 Å². The summed E-state index contributed by atoms with van der Waals surface area (Å²) in [7, 11) is 0. The van der Waals surface area contributed by atoms with Crippen molar-refractivity contribution in [2.45, 2.75) is 77.2 Å². The first-order chi connectivity index (χ1) is 9.01. The normalized spacial score (nSPS) is 24.5. The first kappa shape index (κ1) is 14.5. The highest BCUT2D eigenvalue weighted by Gasteiger charge is 2.39. The van der Waals surface area contributed by atoms with Crippen molar-refractivity contribution in [1.29, 1.82) is 0 Å². The molecule has 0 aromatic heterocycles. The van der Waals surface area contributed by atoms with Crippen molar-refractivity contribution < 1.29 is 9.59 Å². The molecule has 0 unspecified atom stereocenters. The van der Waals surface area contributed by atoms with Gasteiger partial charge in [-0.2, -0.15) is 0 Å². The smallest absolute Gasteiger partial charge is 0.223 e. The lowest BCUT2D eigenvalue weighted by Crippen LogP contribution is -2.56. The number of nitrogens with zero attached hydrogens (tertiary/aromatic N) is 1. The summed E-state index contributed by atoms with van der Waals surface area (Å²) in [4.78, 5) is 26.1. The maximum Gasteiger partial charge on any atom is 0.223 e. The van der Waals surface area contributed by atoms with Crippen molar-refractivity contribution in [3.63, 3.8) is 0 Å². The lowest BCUT2D eigenvalue weighted by molar-refractivity contribution is -0.148. The van der Waals surface area contributed by atoms with Crippen LogP contribution in [0.5, 0.6) is 0 Å². The zero-order valence-electron chi connectivity index (χ0n) is 12.4. The summed E-state index contributed by atoms with van der Waals surface area (Å²) >= 11 is 0. The molecular weight excluding hydrogens is 238 g/mol. The summed E-state index contributed by atoms with van der Waals surface area (Å²) in [5, 5.41) is 0. The SMILES string of the molecule is CC1(C)C(=O)CCCN1C(=O)CCC1CCCCC1. The molecule has 0 aromatic carbocycles. The fourth-order valence-corrected chi connectivity index (χ4v) is 3.51. The highest BCUT2D eigenvalue weighted by Crippen LogP contribution is 2.29. The van der Waals surface area contributed by atoms with Gasteiger partial charge in [-0.3, -0.25) is 9.59 Å². The molecule has 2 rings (SSSR count). The molecule has 1 aliphatic heterocycles. The minimum Gasteiger partial charge on any atom is -0.331 e. The minimum atomic E-state index is -0.581. The third kappa shape index (κ3) is 3.37. The quantitative estimate of drug-likeness (QED) is 0.785. The second-order valence-corrected chi connectivity index (χ2v) is 6.67. The van der Waals surface area contributed by atoms with Gasteiger partial charge in [0.15, 0.2) is 5.78 Å². The second kappa shape index (κ2) is 6.06. The number of carbonyl (C=O) groups is 2. The fraction of sp³-hybridized carbons (Fsp3) is 0.875. The maximum atomic E-state index is 12.4. The molecule has 2 aliphatic rings. The van der Waals surface area contributed by atoms with Crippen molar-refractivity contribution in [3.8, 4) is 0 Å². The predicted octanol–water partition coefficient (Wildman–Crippen LogP) is 3.32. The first-order valence-corrected chi connectivity index (χ1v) is 7.85. The van der Waals surface area contributed by atoms with Crippen molar-refractivity contribution in [3.05, 3.63) is 0 Å². The average Bonchev–Trinajstić information content (AvgIpc) is 2.40. The zero-order valence-corrected chi connectivity index (χ0v) is 12.4.